The van der Waals surface area contributed by atoms with E-state index in [0.717, 1.165) is 18.7 Å². The van der Waals surface area contributed by atoms with E-state index in [0.29, 0.717) is 5.70 Å². The maximum absolute atomic E-state index is 7.76. The smallest absolute Gasteiger partial charge is 0.0840 e. The fourth-order valence-corrected chi connectivity index (χ4v) is 3.89. The lowest BCUT2D eigenvalue weighted by molar-refractivity contribution is 0.827. The summed E-state index contributed by atoms with van der Waals surface area (Å²) < 4.78 is 30.0. The van der Waals surface area contributed by atoms with Crippen molar-refractivity contribution in [2.24, 2.45) is 4.99 Å². The highest BCUT2D eigenvalue weighted by atomic mass is 32.2. The Morgan fingerprint density at radius 3 is 3.32 bits per heavy atom. The summed E-state index contributed by atoms with van der Waals surface area (Å²) in [6.45, 7) is 1.91. The molecule has 1 aliphatic heterocycles. The lowest BCUT2D eigenvalue weighted by Gasteiger charge is -2.23. The van der Waals surface area contributed by atoms with Crippen molar-refractivity contribution in [3.63, 3.8) is 0 Å². The predicted molar refractivity (Wildman–Crippen MR) is 83.9 cm³/mol. The topological polar surface area (TPSA) is 12.4 Å². The monoisotopic (exact) mass is 269 g/mol. The van der Waals surface area contributed by atoms with Gasteiger partial charge in [-0.15, -0.1) is 11.8 Å². The average Bonchev–Trinajstić information content (AvgIpc) is 2.97. The van der Waals surface area contributed by atoms with Crippen LogP contribution in [0.3, 0.4) is 0 Å². The molecule has 1 heterocycles. The summed E-state index contributed by atoms with van der Waals surface area (Å²) >= 11 is 1.79. The van der Waals surface area contributed by atoms with E-state index in [2.05, 4.69) is 23.2 Å². The van der Waals surface area contributed by atoms with Crippen molar-refractivity contribution in [3.8, 4) is 0 Å². The van der Waals surface area contributed by atoms with Crippen molar-refractivity contribution >= 4 is 18.0 Å². The summed E-state index contributed by atoms with van der Waals surface area (Å²) in [6, 6.07) is 7.94. The van der Waals surface area contributed by atoms with Crippen LogP contribution in [0.2, 0.25) is 0 Å². The highest BCUT2D eigenvalue weighted by Crippen LogP contribution is 2.51. The Kier molecular flexibility index (Phi) is 2.23. The lowest BCUT2D eigenvalue weighted by Crippen LogP contribution is -2.14. The Morgan fingerprint density at radius 2 is 2.42 bits per heavy atom. The number of nitrogens with zero attached hydrogens (tertiary/aromatic N) is 1. The van der Waals surface area contributed by atoms with Gasteiger partial charge in [0, 0.05) is 22.3 Å². The average molecular weight is 269 g/mol. The summed E-state index contributed by atoms with van der Waals surface area (Å²) in [7, 11) is 0. The zero-order chi connectivity index (χ0) is 16.4. The molecule has 19 heavy (non-hydrogen) atoms. The second kappa shape index (κ2) is 5.06. The van der Waals surface area contributed by atoms with Crippen LogP contribution in [0.4, 0.5) is 0 Å². The number of thioether (sulfide) groups is 1. The van der Waals surface area contributed by atoms with Gasteiger partial charge < -0.3 is 0 Å². The first kappa shape index (κ1) is 8.39. The Morgan fingerprint density at radius 1 is 1.47 bits per heavy atom. The van der Waals surface area contributed by atoms with Gasteiger partial charge in [-0.1, -0.05) is 55.6 Å². The minimum Gasteiger partial charge on any atom is -0.257 e. The summed E-state index contributed by atoms with van der Waals surface area (Å²) in [4.78, 5) is 5.32. The van der Waals surface area contributed by atoms with Gasteiger partial charge >= 0.3 is 0 Å². The zero-order valence-electron chi connectivity index (χ0n) is 14.2. The molecular weight excluding hydrogens is 250 g/mol. The van der Waals surface area contributed by atoms with Crippen LogP contribution in [0.15, 0.2) is 82.8 Å². The third kappa shape index (κ3) is 2.13. The van der Waals surface area contributed by atoms with Crippen molar-refractivity contribution in [3.05, 3.63) is 78.5 Å². The first-order chi connectivity index (χ1) is 11.2. The molecule has 0 aromatic heterocycles. The normalized spacial score (nSPS) is 29.7. The van der Waals surface area contributed by atoms with E-state index in [9.17, 15) is 0 Å². The second-order valence-corrected chi connectivity index (χ2v) is 5.58. The van der Waals surface area contributed by atoms with Crippen LogP contribution in [-0.2, 0) is 0 Å². The van der Waals surface area contributed by atoms with Gasteiger partial charge in [0.25, 0.3) is 0 Å². The molecule has 1 nitrogen and oxygen atoms in total. The Balaban J connectivity index is 2.02. The molecule has 94 valence electrons. The molecule has 1 aliphatic carbocycles. The molecular formula is C17H15NS. The molecule has 0 saturated heterocycles. The SMILES string of the molecule is [2H]C=C([2H])C([2H])=NC(=C[2H])C1=CC=CC2Sc3ccccc3C12. The lowest BCUT2D eigenvalue weighted by atomic mass is 9.84. The Bertz CT molecular complexity index is 777. The van der Waals surface area contributed by atoms with Crippen LogP contribution < -0.4 is 0 Å². The minimum absolute atomic E-state index is 0.100. The number of allylic oxidation sites excluding steroid dienone is 4. The van der Waals surface area contributed by atoms with E-state index in [1.807, 2.05) is 24.3 Å². The van der Waals surface area contributed by atoms with Crippen LogP contribution in [0.5, 0.6) is 0 Å². The molecule has 0 radical (unpaired) electrons. The second-order valence-electron chi connectivity index (χ2n) is 4.36. The van der Waals surface area contributed by atoms with Crippen molar-refractivity contribution < 1.29 is 5.48 Å². The molecule has 0 amide bonds. The van der Waals surface area contributed by atoms with E-state index in [1.54, 1.807) is 11.8 Å². The number of benzene rings is 1. The Labute approximate surface area is 123 Å². The number of hydrogen-bond donors (Lipinski definition) is 0. The van der Waals surface area contributed by atoms with Crippen molar-refractivity contribution in [2.45, 2.75) is 16.1 Å². The fourth-order valence-electron chi connectivity index (χ4n) is 2.51. The molecule has 1 aromatic carbocycles. The van der Waals surface area contributed by atoms with Gasteiger partial charge in [0.2, 0.25) is 0 Å². The highest BCUT2D eigenvalue weighted by Gasteiger charge is 2.35. The maximum Gasteiger partial charge on any atom is 0.0840 e. The molecule has 2 unspecified atom stereocenters. The van der Waals surface area contributed by atoms with Gasteiger partial charge in [-0.05, 0) is 17.2 Å². The number of aliphatic imine (C=N–C) groups is 1. The van der Waals surface area contributed by atoms with Gasteiger partial charge in [0.15, 0.2) is 0 Å². The standard InChI is InChI=1S/C17H15NS/c1-3-11-18-12(2)13-8-6-10-16-17(13)14-7-4-5-9-15(14)19-16/h3-11,16-17H,1-2H2/i1D,2D,3D,11D. The van der Waals surface area contributed by atoms with Crippen molar-refractivity contribution in [1.82, 2.24) is 0 Å². The van der Waals surface area contributed by atoms with Crippen LogP contribution in [-0.4, -0.2) is 11.4 Å². The number of rotatable bonds is 3. The highest BCUT2D eigenvalue weighted by molar-refractivity contribution is 8.00. The van der Waals surface area contributed by atoms with Crippen LogP contribution in [0, 0.1) is 0 Å². The fraction of sp³-hybridized carbons (Fsp3) is 0.118. The molecule has 2 heteroatoms. The summed E-state index contributed by atoms with van der Waals surface area (Å²) in [5.41, 5.74) is 2.46. The Hall–Kier alpha value is -1.80. The van der Waals surface area contributed by atoms with E-state index in [1.165, 1.54) is 10.5 Å². The van der Waals surface area contributed by atoms with Crippen LogP contribution in [0.25, 0.3) is 0 Å². The largest absolute Gasteiger partial charge is 0.257 e. The molecule has 0 fully saturated rings. The third-order valence-corrected chi connectivity index (χ3v) is 4.62. The molecule has 0 bridgehead atoms. The van der Waals surface area contributed by atoms with Gasteiger partial charge in [-0.3, -0.25) is 4.99 Å². The quantitative estimate of drug-likeness (QED) is 0.735. The molecule has 3 rings (SSSR count). The van der Waals surface area contributed by atoms with E-state index >= 15 is 0 Å². The van der Waals surface area contributed by atoms with Gasteiger partial charge in [-0.2, -0.15) is 0 Å². The molecule has 0 N–H and O–H groups in total. The van der Waals surface area contributed by atoms with E-state index < -0.39 is 0 Å². The summed E-state index contributed by atoms with van der Waals surface area (Å²) in [5, 5.41) is 0.258. The van der Waals surface area contributed by atoms with E-state index in [4.69, 9.17) is 5.48 Å². The van der Waals surface area contributed by atoms with Gasteiger partial charge in [-0.25, -0.2) is 0 Å². The first-order valence-electron chi connectivity index (χ1n) is 8.15. The molecule has 1 aromatic rings. The molecule has 2 atom stereocenters. The van der Waals surface area contributed by atoms with Gasteiger partial charge in [0.1, 0.15) is 0 Å². The summed E-state index contributed by atoms with van der Waals surface area (Å²) in [5.74, 6) is 0.100. The van der Waals surface area contributed by atoms with E-state index in [-0.39, 0.29) is 23.4 Å². The number of hydrogen-bond acceptors (Lipinski definition) is 2. The molecule has 0 saturated carbocycles. The first-order valence-corrected chi connectivity index (χ1v) is 6.87. The van der Waals surface area contributed by atoms with Gasteiger partial charge in [0.05, 0.1) is 11.2 Å². The van der Waals surface area contributed by atoms with Crippen molar-refractivity contribution in [2.75, 3.05) is 0 Å². The molecule has 0 spiro atoms. The minimum atomic E-state index is -0.301. The van der Waals surface area contributed by atoms with Crippen molar-refractivity contribution in [1.29, 1.82) is 0 Å². The number of fused-ring (bicyclic) bond motifs is 3. The maximum atomic E-state index is 7.76. The third-order valence-electron chi connectivity index (χ3n) is 3.29. The zero-order valence-corrected chi connectivity index (χ0v) is 11.0. The van der Waals surface area contributed by atoms with Crippen LogP contribution in [0.1, 0.15) is 17.0 Å². The van der Waals surface area contributed by atoms with Crippen LogP contribution >= 0.6 is 11.8 Å². The molecule has 2 aliphatic rings. The summed E-state index contributed by atoms with van der Waals surface area (Å²) in [6.07, 6.45) is 5.73. The predicted octanol–water partition coefficient (Wildman–Crippen LogP) is 4.51.